The Morgan fingerprint density at radius 3 is 2.92 bits per heavy atom. The van der Waals surface area contributed by atoms with Crippen molar-refractivity contribution in [3.05, 3.63) is 29.8 Å². The second-order valence-electron chi connectivity index (χ2n) is 2.57. The second-order valence-corrected chi connectivity index (χ2v) is 2.57. The predicted octanol–water partition coefficient (Wildman–Crippen LogP) is 0.673. The van der Waals surface area contributed by atoms with E-state index in [4.69, 9.17) is 11.6 Å². The lowest BCUT2D eigenvalue weighted by Crippen LogP contribution is -2.06. The monoisotopic (exact) mass is 175 g/mol. The van der Waals surface area contributed by atoms with E-state index in [0.29, 0.717) is 6.54 Å². The number of anilines is 1. The topological polar surface area (TPSA) is 64.1 Å². The van der Waals surface area contributed by atoms with Crippen molar-refractivity contribution in [2.45, 2.75) is 6.42 Å². The van der Waals surface area contributed by atoms with Gasteiger partial charge in [-0.15, -0.1) is 0 Å². The number of nitrogens with two attached hydrogens (primary N) is 2. The van der Waals surface area contributed by atoms with E-state index in [2.05, 4.69) is 17.3 Å². The van der Waals surface area contributed by atoms with E-state index in [-0.39, 0.29) is 0 Å². The summed E-state index contributed by atoms with van der Waals surface area (Å²) >= 11 is 0. The molecule has 1 rings (SSSR count). The third kappa shape index (κ3) is 3.16. The van der Waals surface area contributed by atoms with Gasteiger partial charge in [0.1, 0.15) is 0 Å². The van der Waals surface area contributed by atoms with Crippen molar-refractivity contribution >= 4 is 5.69 Å². The lowest BCUT2D eigenvalue weighted by molar-refractivity contribution is 1.03. The maximum atomic E-state index is 5.31. The second kappa shape index (κ2) is 5.20. The lowest BCUT2D eigenvalue weighted by atomic mass is 10.2. The van der Waals surface area contributed by atoms with Gasteiger partial charge in [-0.3, -0.25) is 5.84 Å². The molecule has 0 atom stereocenters. The van der Waals surface area contributed by atoms with Crippen molar-refractivity contribution in [1.29, 1.82) is 0 Å². The molecule has 0 saturated carbocycles. The minimum Gasteiger partial charge on any atom is -0.330 e. The molecule has 1 aromatic rings. The molecule has 0 saturated heterocycles. The van der Waals surface area contributed by atoms with Crippen molar-refractivity contribution in [2.75, 3.05) is 12.0 Å². The van der Waals surface area contributed by atoms with Gasteiger partial charge in [-0.05, 0) is 18.2 Å². The molecular weight excluding hydrogens is 162 g/mol. The average Bonchev–Trinajstić information content (AvgIpc) is 2.19. The van der Waals surface area contributed by atoms with Crippen molar-refractivity contribution in [3.8, 4) is 11.8 Å². The Balaban J connectivity index is 2.73. The maximum Gasteiger partial charge on any atom is 0.0497 e. The molecule has 0 unspecified atom stereocenters. The first-order valence-electron chi connectivity index (χ1n) is 4.12. The number of rotatable bonds is 2. The zero-order valence-electron chi connectivity index (χ0n) is 7.38. The van der Waals surface area contributed by atoms with Crippen LogP contribution >= 0.6 is 0 Å². The highest BCUT2D eigenvalue weighted by molar-refractivity contribution is 5.49. The summed E-state index contributed by atoms with van der Waals surface area (Å²) in [4.78, 5) is 0. The number of nitrogen functional groups attached to an aromatic ring is 1. The Kier molecular flexibility index (Phi) is 3.83. The summed E-state index contributed by atoms with van der Waals surface area (Å²) in [6.45, 7) is 0.599. The summed E-state index contributed by atoms with van der Waals surface area (Å²) in [5.41, 5.74) is 9.69. The minimum absolute atomic E-state index is 0.599. The van der Waals surface area contributed by atoms with Gasteiger partial charge in [0.25, 0.3) is 0 Å². The van der Waals surface area contributed by atoms with Gasteiger partial charge >= 0.3 is 0 Å². The van der Waals surface area contributed by atoms with Gasteiger partial charge in [-0.1, -0.05) is 17.9 Å². The molecule has 13 heavy (non-hydrogen) atoms. The van der Waals surface area contributed by atoms with Crippen molar-refractivity contribution in [1.82, 2.24) is 0 Å². The molecule has 5 N–H and O–H groups in total. The summed E-state index contributed by atoms with van der Waals surface area (Å²) in [6.07, 6.45) is 0.723. The molecule has 0 spiro atoms. The van der Waals surface area contributed by atoms with Crippen LogP contribution in [0.4, 0.5) is 5.69 Å². The molecule has 0 amide bonds. The summed E-state index contributed by atoms with van der Waals surface area (Å²) in [7, 11) is 0. The van der Waals surface area contributed by atoms with Crippen LogP contribution in [0.15, 0.2) is 24.3 Å². The van der Waals surface area contributed by atoms with Crippen LogP contribution in [0.2, 0.25) is 0 Å². The zero-order chi connectivity index (χ0) is 9.52. The van der Waals surface area contributed by atoms with Gasteiger partial charge in [0.15, 0.2) is 0 Å². The molecule has 0 aliphatic heterocycles. The fourth-order valence-electron chi connectivity index (χ4n) is 0.923. The SMILES string of the molecule is NCCC#Cc1cccc(NN)c1. The van der Waals surface area contributed by atoms with Gasteiger partial charge < -0.3 is 11.2 Å². The molecule has 0 heterocycles. The summed E-state index contributed by atoms with van der Waals surface area (Å²) in [5.74, 6) is 11.2. The van der Waals surface area contributed by atoms with E-state index in [1.807, 2.05) is 24.3 Å². The van der Waals surface area contributed by atoms with Crippen molar-refractivity contribution in [2.24, 2.45) is 11.6 Å². The first-order chi connectivity index (χ1) is 6.36. The highest BCUT2D eigenvalue weighted by Gasteiger charge is 1.88. The van der Waals surface area contributed by atoms with Crippen LogP contribution in [0.3, 0.4) is 0 Å². The highest BCUT2D eigenvalue weighted by atomic mass is 15.2. The summed E-state index contributed by atoms with van der Waals surface area (Å²) in [5, 5.41) is 0. The Hall–Kier alpha value is -1.50. The van der Waals surface area contributed by atoms with E-state index in [9.17, 15) is 0 Å². The number of hydrazine groups is 1. The van der Waals surface area contributed by atoms with E-state index < -0.39 is 0 Å². The molecule has 0 fully saturated rings. The van der Waals surface area contributed by atoms with Gasteiger partial charge in [0.2, 0.25) is 0 Å². The molecular formula is C10H13N3. The number of hydrogen-bond donors (Lipinski definition) is 3. The summed E-state index contributed by atoms with van der Waals surface area (Å²) < 4.78 is 0. The molecule has 3 heteroatoms. The first kappa shape index (κ1) is 9.59. The first-order valence-corrected chi connectivity index (χ1v) is 4.12. The van der Waals surface area contributed by atoms with Crippen LogP contribution < -0.4 is 17.0 Å². The molecule has 0 aliphatic carbocycles. The minimum atomic E-state index is 0.599. The lowest BCUT2D eigenvalue weighted by Gasteiger charge is -1.98. The number of benzene rings is 1. The highest BCUT2D eigenvalue weighted by Crippen LogP contribution is 2.07. The van der Waals surface area contributed by atoms with E-state index in [1.54, 1.807) is 0 Å². The van der Waals surface area contributed by atoms with E-state index in [1.165, 1.54) is 0 Å². The third-order valence-corrected chi connectivity index (χ3v) is 1.53. The van der Waals surface area contributed by atoms with Crippen molar-refractivity contribution in [3.63, 3.8) is 0 Å². The number of nitrogens with one attached hydrogen (secondary N) is 1. The Morgan fingerprint density at radius 1 is 1.38 bits per heavy atom. The molecule has 0 bridgehead atoms. The Morgan fingerprint density at radius 2 is 2.23 bits per heavy atom. The van der Waals surface area contributed by atoms with Gasteiger partial charge in [-0.2, -0.15) is 0 Å². The fraction of sp³-hybridized carbons (Fsp3) is 0.200. The van der Waals surface area contributed by atoms with Crippen LogP contribution in [0.25, 0.3) is 0 Å². The van der Waals surface area contributed by atoms with E-state index >= 15 is 0 Å². The predicted molar refractivity (Wildman–Crippen MR) is 54.8 cm³/mol. The van der Waals surface area contributed by atoms with Crippen LogP contribution in [0, 0.1) is 11.8 Å². The molecule has 0 aromatic heterocycles. The van der Waals surface area contributed by atoms with Crippen LogP contribution in [0.5, 0.6) is 0 Å². The maximum absolute atomic E-state index is 5.31. The number of hydrogen-bond acceptors (Lipinski definition) is 3. The van der Waals surface area contributed by atoms with Crippen molar-refractivity contribution < 1.29 is 0 Å². The van der Waals surface area contributed by atoms with Crippen LogP contribution in [-0.4, -0.2) is 6.54 Å². The van der Waals surface area contributed by atoms with Gasteiger partial charge in [-0.25, -0.2) is 0 Å². The zero-order valence-corrected chi connectivity index (χ0v) is 7.38. The molecule has 0 aliphatic rings. The Labute approximate surface area is 78.1 Å². The quantitative estimate of drug-likeness (QED) is 0.352. The third-order valence-electron chi connectivity index (χ3n) is 1.53. The van der Waals surface area contributed by atoms with Crippen LogP contribution in [0.1, 0.15) is 12.0 Å². The van der Waals surface area contributed by atoms with E-state index in [0.717, 1.165) is 17.7 Å². The smallest absolute Gasteiger partial charge is 0.0497 e. The largest absolute Gasteiger partial charge is 0.330 e. The normalized spacial score (nSPS) is 8.77. The molecule has 3 nitrogen and oxygen atoms in total. The van der Waals surface area contributed by atoms with Crippen LogP contribution in [-0.2, 0) is 0 Å². The van der Waals surface area contributed by atoms with Gasteiger partial charge in [0.05, 0.1) is 0 Å². The molecule has 0 radical (unpaired) electrons. The standard InChI is InChI=1S/C10H13N3/c11-7-2-1-4-9-5-3-6-10(8-9)13-12/h3,5-6,8,13H,2,7,11-12H2. The Bertz CT molecular complexity index is 322. The molecule has 1 aromatic carbocycles. The summed E-state index contributed by atoms with van der Waals surface area (Å²) in [6, 6.07) is 7.61. The fourth-order valence-corrected chi connectivity index (χ4v) is 0.923. The van der Waals surface area contributed by atoms with Gasteiger partial charge in [0, 0.05) is 24.2 Å². The average molecular weight is 175 g/mol. The molecule has 68 valence electrons.